The third kappa shape index (κ3) is 16.6. The molecular weight excluding hydrogens is 1270 g/mol. The van der Waals surface area contributed by atoms with Crippen molar-refractivity contribution in [1.29, 1.82) is 0 Å². The number of aromatic nitrogens is 2. The number of carboxylic acids is 1. The van der Waals surface area contributed by atoms with Gasteiger partial charge in [-0.15, -0.1) is 0 Å². The number of nitrogens with zero attached hydrogens (tertiary/aromatic N) is 3. The van der Waals surface area contributed by atoms with Crippen molar-refractivity contribution in [3.8, 4) is 11.4 Å². The van der Waals surface area contributed by atoms with Crippen molar-refractivity contribution in [2.75, 3.05) is 46.1 Å². The van der Waals surface area contributed by atoms with E-state index in [1.165, 1.54) is 16.7 Å². The monoisotopic (exact) mass is 1330 g/mol. The summed E-state index contributed by atoms with van der Waals surface area (Å²) in [6, 6.07) is 8.53. The lowest BCUT2D eigenvalue weighted by Crippen LogP contribution is -2.53. The van der Waals surface area contributed by atoms with Gasteiger partial charge in [0, 0.05) is 72.2 Å². The number of halogens is 1. The van der Waals surface area contributed by atoms with Crippen LogP contribution in [0, 0.1) is 12.7 Å². The van der Waals surface area contributed by atoms with E-state index in [9.17, 15) is 77.6 Å². The Kier molecular flexibility index (Phi) is 22.4. The number of aliphatic hydroxyl groups is 3. The molecule has 4 aliphatic heterocycles. The first kappa shape index (κ1) is 69.7. The second-order valence-corrected chi connectivity index (χ2v) is 24.2. The van der Waals surface area contributed by atoms with E-state index in [2.05, 4.69) is 52.8 Å². The number of carboxylic acid groups (broad SMARTS) is 1. The van der Waals surface area contributed by atoms with Crippen LogP contribution in [0.4, 0.5) is 4.39 Å². The van der Waals surface area contributed by atoms with E-state index in [0.29, 0.717) is 52.5 Å². The number of imide groups is 1. The summed E-state index contributed by atoms with van der Waals surface area (Å²) in [5, 5.41) is 59.5. The van der Waals surface area contributed by atoms with Gasteiger partial charge in [0.2, 0.25) is 47.3 Å². The van der Waals surface area contributed by atoms with Gasteiger partial charge in [-0.3, -0.25) is 62.4 Å². The number of aryl methyl sites for hydroxylation is 1. The maximum atomic E-state index is 15.4. The van der Waals surface area contributed by atoms with Gasteiger partial charge in [-0.1, -0.05) is 36.8 Å². The van der Waals surface area contributed by atoms with E-state index < -0.39 is 176 Å². The summed E-state index contributed by atoms with van der Waals surface area (Å²) in [6.07, 6.45) is -4.78. The fourth-order valence-corrected chi connectivity index (χ4v) is 12.4. The minimum atomic E-state index is -1.71. The van der Waals surface area contributed by atoms with Crippen LogP contribution in [-0.2, 0) is 103 Å². The summed E-state index contributed by atoms with van der Waals surface area (Å²) >= 11 is 0. The van der Waals surface area contributed by atoms with Gasteiger partial charge in [0.05, 0.1) is 71.4 Å². The van der Waals surface area contributed by atoms with Gasteiger partial charge in [-0.25, -0.2) is 14.2 Å². The van der Waals surface area contributed by atoms with Crippen molar-refractivity contribution in [2.24, 2.45) is 0 Å². The smallest absolute Gasteiger partial charge is 0.340 e. The van der Waals surface area contributed by atoms with E-state index >= 15 is 4.39 Å². The van der Waals surface area contributed by atoms with Gasteiger partial charge in [-0.05, 0) is 67.3 Å². The molecule has 5 aliphatic rings. The third-order valence-electron chi connectivity index (χ3n) is 16.8. The molecule has 33 heteroatoms. The Morgan fingerprint density at radius 3 is 2.16 bits per heavy atom. The summed E-state index contributed by atoms with van der Waals surface area (Å²) in [5.41, 5.74) is 3.10. The minimum Gasteiger partial charge on any atom is -0.481 e. The number of carbonyl (C=O) groups excluding carboxylic acids is 11. The SMILES string of the molecule is Cc1c(F)cc2nc3c(c4c2c1CC[C@@]4([Si])NC(=O)COCNC(=O)CNC(=O)[C@H](Cc1ccccc1)NC(=O)CNC(=O)CNC(=O)[C@H](CCC(=O)NC[C@H]1O[C@@H](CC(=O)O)[C@H](O)[C@@H]1O)NC(=O)CCCCCN1C(=O)C=CC1=O)Cn1c-3cc2c(c1=O)COC(=O)[C@H]2O. The zero-order valence-corrected chi connectivity index (χ0v) is 52.2. The molecular formula is C62H69FN11O20Si. The van der Waals surface area contributed by atoms with Crippen LogP contribution in [0.2, 0.25) is 0 Å². The molecule has 0 unspecified atom stereocenters. The van der Waals surface area contributed by atoms with Gasteiger partial charge in [-0.2, -0.15) is 0 Å². The Bertz CT molecular complexity index is 3830. The molecule has 0 spiro atoms. The topological polar surface area (TPSA) is 448 Å². The van der Waals surface area contributed by atoms with E-state index in [1.54, 1.807) is 37.3 Å². The number of carbonyl (C=O) groups is 12. The van der Waals surface area contributed by atoms with Crippen LogP contribution in [0.3, 0.4) is 0 Å². The number of pyridine rings is 2. The standard InChI is InChI=1S/C62H69FN11O20Si/c1-30-32-15-16-62(95,53-34-26-74-40(54(34)71-38(52(32)53)20-36(30)63)19-33-35(60(74)90)27-93-61(91)55(33)85)72-48(80)28-92-29-68-46(78)24-67-59(89)39(18-31-8-4-2-5-9-31)70-47(79)25-65-45(77)23-66-58(88)37(69-44(76)10-6-3-7-17-73-49(81)13-14-50(73)82)11-12-43(75)64-22-42-57(87)56(86)41(94-42)21-51(83)84/h2,4-5,8-9,13-14,19-20,37,39,41-42,55-57,85-87H,3,6-7,10-12,15-18,21-29H2,1H3,(H,64,75)(H,65,77)(H,66,88)(H,67,89)(H,68,78)(H,69,76)(H,70,79)(H,72,80)(H,83,84)/t37-,39-,41-,42+,55-,56-,57+,62-/m0/s1. The third-order valence-corrected chi connectivity index (χ3v) is 17.4. The lowest BCUT2D eigenvalue weighted by molar-refractivity contribution is -0.157. The van der Waals surface area contributed by atoms with Gasteiger partial charge in [0.1, 0.15) is 56.2 Å². The Morgan fingerprint density at radius 1 is 0.768 bits per heavy atom. The maximum absolute atomic E-state index is 15.4. The number of amides is 10. The van der Waals surface area contributed by atoms with E-state index in [0.717, 1.165) is 17.1 Å². The predicted molar refractivity (Wildman–Crippen MR) is 325 cm³/mol. The largest absolute Gasteiger partial charge is 0.481 e. The maximum Gasteiger partial charge on any atom is 0.340 e. The normalized spacial score (nSPS) is 20.3. The number of rotatable bonds is 30. The average molecular weight is 1340 g/mol. The Hall–Kier alpha value is -9.67. The van der Waals surface area contributed by atoms with E-state index in [4.69, 9.17) is 24.3 Å². The quantitative estimate of drug-likeness (QED) is 0.00693. The van der Waals surface area contributed by atoms with Gasteiger partial charge < -0.3 is 81.7 Å². The molecule has 1 fully saturated rings. The number of aliphatic carboxylic acids is 1. The lowest BCUT2D eigenvalue weighted by atomic mass is 9.81. The first-order chi connectivity index (χ1) is 45.3. The average Bonchev–Trinajstić information content (AvgIpc) is 1.64. The zero-order chi connectivity index (χ0) is 68.4. The molecule has 31 nitrogen and oxygen atoms in total. The molecule has 12 N–H and O–H groups in total. The van der Waals surface area contributed by atoms with Gasteiger partial charge in [0.15, 0.2) is 6.10 Å². The number of benzene rings is 2. The van der Waals surface area contributed by atoms with Crippen LogP contribution in [0.25, 0.3) is 22.3 Å². The fourth-order valence-electron chi connectivity index (χ4n) is 11.9. The number of hydrogen-bond donors (Lipinski definition) is 12. The molecule has 1 aliphatic carbocycles. The molecule has 4 aromatic rings. The molecule has 8 atom stereocenters. The molecule has 95 heavy (non-hydrogen) atoms. The number of hydrogen-bond acceptors (Lipinski definition) is 20. The first-order valence-corrected chi connectivity index (χ1v) is 31.0. The molecule has 2 aromatic carbocycles. The predicted octanol–water partition coefficient (Wildman–Crippen LogP) is -3.66. The van der Waals surface area contributed by atoms with Crippen LogP contribution >= 0.6 is 0 Å². The summed E-state index contributed by atoms with van der Waals surface area (Å²) in [6.45, 7) is -2.10. The molecule has 9 rings (SSSR count). The van der Waals surface area contributed by atoms with Crippen LogP contribution in [-0.4, -0.2) is 199 Å². The summed E-state index contributed by atoms with van der Waals surface area (Å²) in [7, 11) is 3.84. The van der Waals surface area contributed by atoms with Crippen molar-refractivity contribution in [3.05, 3.63) is 110 Å². The molecule has 0 bridgehead atoms. The molecule has 1 saturated heterocycles. The molecule has 503 valence electrons. The summed E-state index contributed by atoms with van der Waals surface area (Å²) < 4.78 is 32.8. The lowest BCUT2D eigenvalue weighted by Gasteiger charge is -2.38. The zero-order valence-electron chi connectivity index (χ0n) is 51.2. The number of aliphatic hydroxyl groups excluding tert-OH is 3. The number of ether oxygens (including phenoxy) is 3. The molecule has 0 saturated carbocycles. The van der Waals surface area contributed by atoms with Crippen LogP contribution in [0.15, 0.2) is 59.4 Å². The number of fused-ring (bicyclic) bond motifs is 5. The second-order valence-electron chi connectivity index (χ2n) is 23.3. The van der Waals surface area contributed by atoms with Crippen molar-refractivity contribution < 1.29 is 96.6 Å². The van der Waals surface area contributed by atoms with E-state index in [-0.39, 0.29) is 86.4 Å². The number of esters is 1. The van der Waals surface area contributed by atoms with Gasteiger partial charge in [0.25, 0.3) is 17.4 Å². The van der Waals surface area contributed by atoms with Crippen molar-refractivity contribution in [2.45, 2.75) is 132 Å². The first-order valence-electron chi connectivity index (χ1n) is 30.5. The van der Waals surface area contributed by atoms with Crippen molar-refractivity contribution >= 4 is 92.2 Å². The highest BCUT2D eigenvalue weighted by Gasteiger charge is 2.45. The Morgan fingerprint density at radius 2 is 1.44 bits per heavy atom. The van der Waals surface area contributed by atoms with Crippen molar-refractivity contribution in [3.63, 3.8) is 0 Å². The molecule has 3 radical (unpaired) electrons. The van der Waals surface area contributed by atoms with Crippen LogP contribution < -0.4 is 48.1 Å². The summed E-state index contributed by atoms with van der Waals surface area (Å²) in [4.78, 5) is 173. The highest BCUT2D eigenvalue weighted by Crippen LogP contribution is 2.46. The Labute approximate surface area is 543 Å². The highest BCUT2D eigenvalue weighted by molar-refractivity contribution is 6.19. The number of unbranched alkanes of at least 4 members (excludes halogenated alkanes) is 2. The number of nitrogens with one attached hydrogen (secondary N) is 8. The molecule has 6 heterocycles. The minimum absolute atomic E-state index is 0.0235. The van der Waals surface area contributed by atoms with Crippen LogP contribution in [0.5, 0.6) is 0 Å². The van der Waals surface area contributed by atoms with E-state index in [1.807, 2.05) is 0 Å². The highest BCUT2D eigenvalue weighted by atomic mass is 28.1. The van der Waals surface area contributed by atoms with Gasteiger partial charge >= 0.3 is 11.9 Å². The molecule has 10 amide bonds. The van der Waals surface area contributed by atoms with Crippen LogP contribution in [0.1, 0.15) is 96.4 Å². The molecule has 2 aromatic heterocycles. The number of cyclic esters (lactones) is 1. The Balaban J connectivity index is 0.739. The summed E-state index contributed by atoms with van der Waals surface area (Å²) in [5.74, 6) is -9.80. The van der Waals surface area contributed by atoms with Crippen molar-refractivity contribution in [1.82, 2.24) is 57.0 Å². The second kappa shape index (κ2) is 30.6. The fraction of sp³-hybridized carbons (Fsp3) is 0.452.